The zero-order chi connectivity index (χ0) is 13.0. The standard InChI is InChI=1S/C16H9ClO2/c17-11-6-7-12(18)15-9(11)5-8-14-16(15)10-3-1-2-4-13(10)19-14/h1-8,18H. The minimum atomic E-state index is 0.219. The van der Waals surface area contributed by atoms with Gasteiger partial charge in [-0.25, -0.2) is 0 Å². The van der Waals surface area contributed by atoms with Crippen LogP contribution < -0.4 is 0 Å². The summed E-state index contributed by atoms with van der Waals surface area (Å²) in [4.78, 5) is 0. The predicted molar refractivity (Wildman–Crippen MR) is 77.9 cm³/mol. The molecule has 3 heteroatoms. The zero-order valence-corrected chi connectivity index (χ0v) is 10.6. The van der Waals surface area contributed by atoms with Crippen LogP contribution in [0.3, 0.4) is 0 Å². The van der Waals surface area contributed by atoms with Crippen LogP contribution in [-0.4, -0.2) is 5.11 Å². The Balaban J connectivity index is 2.40. The molecule has 0 bridgehead atoms. The van der Waals surface area contributed by atoms with Gasteiger partial charge in [-0.05, 0) is 30.3 Å². The van der Waals surface area contributed by atoms with Gasteiger partial charge in [-0.1, -0.05) is 29.8 Å². The van der Waals surface area contributed by atoms with Crippen molar-refractivity contribution in [2.75, 3.05) is 0 Å². The second kappa shape index (κ2) is 3.65. The Kier molecular flexibility index (Phi) is 2.06. The number of halogens is 1. The van der Waals surface area contributed by atoms with E-state index in [2.05, 4.69) is 0 Å². The molecule has 0 aliphatic rings. The molecule has 0 fully saturated rings. The van der Waals surface area contributed by atoms with Crippen molar-refractivity contribution >= 4 is 44.3 Å². The summed E-state index contributed by atoms with van der Waals surface area (Å²) in [6.45, 7) is 0. The number of fused-ring (bicyclic) bond motifs is 5. The van der Waals surface area contributed by atoms with Gasteiger partial charge in [-0.2, -0.15) is 0 Å². The van der Waals surface area contributed by atoms with E-state index in [1.807, 2.05) is 36.4 Å². The van der Waals surface area contributed by atoms with Crippen LogP contribution in [0.4, 0.5) is 0 Å². The van der Waals surface area contributed by atoms with Gasteiger partial charge in [0.05, 0.1) is 0 Å². The maximum atomic E-state index is 10.2. The number of phenolic OH excluding ortho intramolecular Hbond substituents is 1. The van der Waals surface area contributed by atoms with Gasteiger partial charge < -0.3 is 9.52 Å². The highest BCUT2D eigenvalue weighted by atomic mass is 35.5. The van der Waals surface area contributed by atoms with E-state index in [-0.39, 0.29) is 5.75 Å². The third-order valence-corrected chi connectivity index (χ3v) is 3.77. The molecular weight excluding hydrogens is 260 g/mol. The van der Waals surface area contributed by atoms with Crippen LogP contribution in [0.2, 0.25) is 5.02 Å². The molecule has 1 N–H and O–H groups in total. The van der Waals surface area contributed by atoms with E-state index in [1.165, 1.54) is 0 Å². The third-order valence-electron chi connectivity index (χ3n) is 3.44. The molecule has 92 valence electrons. The van der Waals surface area contributed by atoms with Gasteiger partial charge in [-0.15, -0.1) is 0 Å². The SMILES string of the molecule is Oc1ccc(Cl)c2ccc3oc4ccccc4c3c12. The van der Waals surface area contributed by atoms with E-state index in [1.54, 1.807) is 12.1 Å². The average molecular weight is 269 g/mol. The van der Waals surface area contributed by atoms with Crippen molar-refractivity contribution in [3.05, 3.63) is 53.6 Å². The summed E-state index contributed by atoms with van der Waals surface area (Å²) >= 11 is 6.21. The van der Waals surface area contributed by atoms with E-state index < -0.39 is 0 Å². The van der Waals surface area contributed by atoms with Gasteiger partial charge in [0, 0.05) is 26.6 Å². The molecule has 1 heterocycles. The summed E-state index contributed by atoms with van der Waals surface area (Å²) in [5, 5.41) is 14.3. The van der Waals surface area contributed by atoms with Crippen molar-refractivity contribution in [2.45, 2.75) is 0 Å². The molecule has 0 saturated heterocycles. The topological polar surface area (TPSA) is 33.4 Å². The molecule has 2 nitrogen and oxygen atoms in total. The monoisotopic (exact) mass is 268 g/mol. The van der Waals surface area contributed by atoms with Gasteiger partial charge in [0.2, 0.25) is 0 Å². The first-order valence-corrected chi connectivity index (χ1v) is 6.35. The Hall–Kier alpha value is -2.19. The quantitative estimate of drug-likeness (QED) is 0.481. The van der Waals surface area contributed by atoms with Crippen LogP contribution in [-0.2, 0) is 0 Å². The van der Waals surface area contributed by atoms with Crippen LogP contribution in [0.5, 0.6) is 5.75 Å². The van der Waals surface area contributed by atoms with Crippen LogP contribution in [0, 0.1) is 0 Å². The van der Waals surface area contributed by atoms with E-state index in [9.17, 15) is 5.11 Å². The summed E-state index contributed by atoms with van der Waals surface area (Å²) in [5.74, 6) is 0.219. The molecule has 0 aliphatic carbocycles. The molecule has 4 aromatic rings. The number of para-hydroxylation sites is 1. The lowest BCUT2D eigenvalue weighted by Crippen LogP contribution is -1.77. The first-order valence-electron chi connectivity index (χ1n) is 5.97. The van der Waals surface area contributed by atoms with Gasteiger partial charge in [0.1, 0.15) is 16.9 Å². The summed E-state index contributed by atoms with van der Waals surface area (Å²) < 4.78 is 5.80. The highest BCUT2D eigenvalue weighted by Crippen LogP contribution is 2.40. The zero-order valence-electron chi connectivity index (χ0n) is 9.85. The van der Waals surface area contributed by atoms with Crippen LogP contribution in [0.25, 0.3) is 32.7 Å². The molecule has 0 spiro atoms. The Morgan fingerprint density at radius 1 is 0.789 bits per heavy atom. The van der Waals surface area contributed by atoms with E-state index in [0.717, 1.165) is 32.7 Å². The first-order chi connectivity index (χ1) is 9.25. The third kappa shape index (κ3) is 1.38. The second-order valence-corrected chi connectivity index (χ2v) is 4.93. The van der Waals surface area contributed by atoms with Gasteiger partial charge in [-0.3, -0.25) is 0 Å². The van der Waals surface area contributed by atoms with Crippen LogP contribution >= 0.6 is 11.6 Å². The molecule has 0 amide bonds. The minimum absolute atomic E-state index is 0.219. The molecule has 0 saturated carbocycles. The summed E-state index contributed by atoms with van der Waals surface area (Å²) in [6.07, 6.45) is 0. The normalized spacial score (nSPS) is 11.6. The lowest BCUT2D eigenvalue weighted by molar-refractivity contribution is 0.482. The fourth-order valence-electron chi connectivity index (χ4n) is 2.61. The Bertz CT molecular complexity index is 938. The smallest absolute Gasteiger partial charge is 0.136 e. The molecule has 3 aromatic carbocycles. The highest BCUT2D eigenvalue weighted by molar-refractivity contribution is 6.37. The summed E-state index contributed by atoms with van der Waals surface area (Å²) in [6, 6.07) is 14.9. The molecule has 0 radical (unpaired) electrons. The maximum Gasteiger partial charge on any atom is 0.136 e. The van der Waals surface area contributed by atoms with Gasteiger partial charge in [0.15, 0.2) is 0 Å². The molecule has 19 heavy (non-hydrogen) atoms. The molecule has 0 unspecified atom stereocenters. The molecule has 0 aliphatic heterocycles. The molecular formula is C16H9ClO2. The number of rotatable bonds is 0. The van der Waals surface area contributed by atoms with Crippen molar-refractivity contribution in [1.29, 1.82) is 0 Å². The van der Waals surface area contributed by atoms with Gasteiger partial charge >= 0.3 is 0 Å². The molecule has 4 rings (SSSR count). The van der Waals surface area contributed by atoms with Crippen molar-refractivity contribution in [3.63, 3.8) is 0 Å². The number of furan rings is 1. The van der Waals surface area contributed by atoms with Crippen molar-refractivity contribution in [3.8, 4) is 5.75 Å². The predicted octanol–water partition coefficient (Wildman–Crippen LogP) is 5.10. The van der Waals surface area contributed by atoms with E-state index in [4.69, 9.17) is 16.0 Å². The summed E-state index contributed by atoms with van der Waals surface area (Å²) in [5.41, 5.74) is 1.57. The molecule has 0 atom stereocenters. The number of aromatic hydroxyl groups is 1. The lowest BCUT2D eigenvalue weighted by Gasteiger charge is -2.04. The Morgan fingerprint density at radius 3 is 2.53 bits per heavy atom. The van der Waals surface area contributed by atoms with Crippen LogP contribution in [0.1, 0.15) is 0 Å². The Labute approximate surface area is 113 Å². The minimum Gasteiger partial charge on any atom is -0.507 e. The Morgan fingerprint density at radius 2 is 1.63 bits per heavy atom. The van der Waals surface area contributed by atoms with Crippen molar-refractivity contribution in [1.82, 2.24) is 0 Å². The van der Waals surface area contributed by atoms with E-state index >= 15 is 0 Å². The van der Waals surface area contributed by atoms with Gasteiger partial charge in [0.25, 0.3) is 0 Å². The number of phenols is 1. The number of hydrogen-bond donors (Lipinski definition) is 1. The maximum absolute atomic E-state index is 10.2. The van der Waals surface area contributed by atoms with E-state index in [0.29, 0.717) is 5.02 Å². The highest BCUT2D eigenvalue weighted by Gasteiger charge is 2.14. The average Bonchev–Trinajstić information content (AvgIpc) is 2.81. The second-order valence-electron chi connectivity index (χ2n) is 4.53. The lowest BCUT2D eigenvalue weighted by atomic mass is 10.0. The van der Waals surface area contributed by atoms with Crippen molar-refractivity contribution in [2.24, 2.45) is 0 Å². The molecule has 1 aromatic heterocycles. The number of hydrogen-bond acceptors (Lipinski definition) is 2. The first kappa shape index (κ1) is 10.7. The fraction of sp³-hybridized carbons (Fsp3) is 0. The number of benzene rings is 3. The van der Waals surface area contributed by atoms with Crippen molar-refractivity contribution < 1.29 is 9.52 Å². The fourth-order valence-corrected chi connectivity index (χ4v) is 2.83. The largest absolute Gasteiger partial charge is 0.507 e. The summed E-state index contributed by atoms with van der Waals surface area (Å²) in [7, 11) is 0. The van der Waals surface area contributed by atoms with Crippen LogP contribution in [0.15, 0.2) is 52.9 Å².